The van der Waals surface area contributed by atoms with Crippen molar-refractivity contribution in [1.82, 2.24) is 9.88 Å². The molecule has 1 saturated heterocycles. The van der Waals surface area contributed by atoms with Crippen LogP contribution in [0.4, 0.5) is 15.2 Å². The van der Waals surface area contributed by atoms with Crippen molar-refractivity contribution in [2.24, 2.45) is 0 Å². The third-order valence-electron chi connectivity index (χ3n) is 5.76. The van der Waals surface area contributed by atoms with E-state index in [1.165, 1.54) is 19.1 Å². The molecule has 3 aromatic rings. The average molecular weight is 517 g/mol. The molecule has 1 aliphatic heterocycles. The summed E-state index contributed by atoms with van der Waals surface area (Å²) in [7, 11) is -3.87. The number of ketones is 1. The molecule has 0 spiro atoms. The Labute approximate surface area is 207 Å². The zero-order valence-corrected chi connectivity index (χ0v) is 20.7. The van der Waals surface area contributed by atoms with Crippen LogP contribution in [-0.4, -0.2) is 56.2 Å². The molecule has 0 bridgehead atoms. The number of amides is 1. The third-order valence-corrected chi connectivity index (χ3v) is 8.05. The van der Waals surface area contributed by atoms with Crippen molar-refractivity contribution in [2.45, 2.75) is 24.7 Å². The zero-order chi connectivity index (χ0) is 25.0. The van der Waals surface area contributed by atoms with Crippen LogP contribution in [0.1, 0.15) is 29.4 Å². The van der Waals surface area contributed by atoms with Gasteiger partial charge in [-0.15, -0.1) is 11.3 Å². The minimum atomic E-state index is -3.87. The fourth-order valence-electron chi connectivity index (χ4n) is 3.77. The molecule has 1 fully saturated rings. The molecule has 0 unspecified atom stereocenters. The van der Waals surface area contributed by atoms with E-state index < -0.39 is 15.8 Å². The molecule has 2 heterocycles. The number of rotatable bonds is 8. The molecule has 0 atom stereocenters. The number of anilines is 2. The minimum absolute atomic E-state index is 0.0259. The Morgan fingerprint density at radius 2 is 1.69 bits per heavy atom. The lowest BCUT2D eigenvalue weighted by Crippen LogP contribution is -2.48. The van der Waals surface area contributed by atoms with Gasteiger partial charge in [0.25, 0.3) is 10.0 Å². The van der Waals surface area contributed by atoms with E-state index in [-0.39, 0.29) is 28.1 Å². The Kier molecular flexibility index (Phi) is 7.46. The van der Waals surface area contributed by atoms with Crippen molar-refractivity contribution < 1.29 is 22.4 Å². The number of hydrogen-bond donors (Lipinski definition) is 1. The van der Waals surface area contributed by atoms with E-state index in [4.69, 9.17) is 0 Å². The van der Waals surface area contributed by atoms with Gasteiger partial charge in [0.1, 0.15) is 5.82 Å². The maximum Gasteiger partial charge on any atom is 0.263 e. The van der Waals surface area contributed by atoms with Gasteiger partial charge in [-0.1, -0.05) is 0 Å². The summed E-state index contributed by atoms with van der Waals surface area (Å²) in [6, 6.07) is 12.0. The van der Waals surface area contributed by atoms with E-state index >= 15 is 0 Å². The van der Waals surface area contributed by atoms with Crippen molar-refractivity contribution in [3.63, 3.8) is 0 Å². The summed E-state index contributed by atoms with van der Waals surface area (Å²) in [4.78, 5) is 32.4. The first kappa shape index (κ1) is 24.8. The first-order valence-corrected chi connectivity index (χ1v) is 13.4. The van der Waals surface area contributed by atoms with Crippen LogP contribution in [-0.2, 0) is 21.2 Å². The molecule has 0 aliphatic carbocycles. The zero-order valence-electron chi connectivity index (χ0n) is 19.1. The first-order chi connectivity index (χ1) is 16.7. The molecule has 8 nitrogen and oxygen atoms in total. The van der Waals surface area contributed by atoms with Crippen LogP contribution in [0.3, 0.4) is 0 Å². The van der Waals surface area contributed by atoms with Gasteiger partial charge in [-0.2, -0.15) is 0 Å². The van der Waals surface area contributed by atoms with Gasteiger partial charge in [0.05, 0.1) is 10.6 Å². The smallest absolute Gasteiger partial charge is 0.263 e. The van der Waals surface area contributed by atoms with Crippen LogP contribution in [0.25, 0.3) is 0 Å². The predicted molar refractivity (Wildman–Crippen MR) is 133 cm³/mol. The van der Waals surface area contributed by atoms with E-state index in [2.05, 4.69) is 14.6 Å². The van der Waals surface area contributed by atoms with Crippen LogP contribution in [0.2, 0.25) is 0 Å². The fraction of sp³-hybridized carbons (Fsp3) is 0.292. The lowest BCUT2D eigenvalue weighted by Gasteiger charge is -2.36. The molecule has 11 heteroatoms. The maximum atomic E-state index is 13.1. The number of nitrogens with one attached hydrogen (secondary N) is 1. The average Bonchev–Trinajstić information content (AvgIpc) is 3.29. The summed E-state index contributed by atoms with van der Waals surface area (Å²) in [6.45, 7) is 4.16. The van der Waals surface area contributed by atoms with Crippen LogP contribution in [0, 0.1) is 5.82 Å². The van der Waals surface area contributed by atoms with Crippen molar-refractivity contribution in [3.8, 4) is 0 Å². The van der Waals surface area contributed by atoms with E-state index in [0.29, 0.717) is 43.9 Å². The Morgan fingerprint density at radius 1 is 1.03 bits per heavy atom. The van der Waals surface area contributed by atoms with E-state index in [9.17, 15) is 22.4 Å². The number of Topliss-reactive ketones (excluding diaryl/α,β-unsaturated/α-hetero) is 1. The highest BCUT2D eigenvalue weighted by molar-refractivity contribution is 7.93. The van der Waals surface area contributed by atoms with Gasteiger partial charge in [-0.05, 0) is 61.9 Å². The second kappa shape index (κ2) is 10.5. The number of hydrogen-bond acceptors (Lipinski definition) is 7. The van der Waals surface area contributed by atoms with E-state index in [1.54, 1.807) is 5.38 Å². The second-order valence-electron chi connectivity index (χ2n) is 8.17. The van der Waals surface area contributed by atoms with Gasteiger partial charge in [-0.25, -0.2) is 17.8 Å². The van der Waals surface area contributed by atoms with Gasteiger partial charge in [0.15, 0.2) is 10.9 Å². The molecule has 35 heavy (non-hydrogen) atoms. The highest BCUT2D eigenvalue weighted by Crippen LogP contribution is 2.22. The molecule has 1 amide bonds. The highest BCUT2D eigenvalue weighted by Gasteiger charge is 2.22. The standard InChI is InChI=1S/C24H25FN4O4S2/c1-17(30)18-2-7-21(8-3-18)28-12-14-29(15-13-28)23(31)11-6-20-16-34-24(26-20)27-35(32,33)22-9-4-19(25)5-10-22/h2-5,7-10,16H,6,11-15H2,1H3,(H,26,27). The molecule has 4 rings (SSSR count). The second-order valence-corrected chi connectivity index (χ2v) is 10.7. The largest absolute Gasteiger partial charge is 0.368 e. The Balaban J connectivity index is 1.26. The van der Waals surface area contributed by atoms with Crippen LogP contribution >= 0.6 is 11.3 Å². The number of halogens is 1. The van der Waals surface area contributed by atoms with Gasteiger partial charge in [-0.3, -0.25) is 14.3 Å². The van der Waals surface area contributed by atoms with Crippen molar-refractivity contribution >= 4 is 43.9 Å². The van der Waals surface area contributed by atoms with Gasteiger partial charge >= 0.3 is 0 Å². The quantitative estimate of drug-likeness (QED) is 0.460. The number of nitrogens with zero attached hydrogens (tertiary/aromatic N) is 3. The predicted octanol–water partition coefficient (Wildman–Crippen LogP) is 3.57. The highest BCUT2D eigenvalue weighted by atomic mass is 32.2. The molecule has 2 aromatic carbocycles. The number of thiazole rings is 1. The van der Waals surface area contributed by atoms with Crippen LogP contribution < -0.4 is 9.62 Å². The number of carbonyl (C=O) groups excluding carboxylic acids is 2. The van der Waals surface area contributed by atoms with Gasteiger partial charge in [0.2, 0.25) is 5.91 Å². The molecule has 1 aromatic heterocycles. The van der Waals surface area contributed by atoms with E-state index in [0.717, 1.165) is 29.2 Å². The molecule has 1 aliphatic rings. The maximum absolute atomic E-state index is 13.1. The number of benzene rings is 2. The number of carbonyl (C=O) groups is 2. The van der Waals surface area contributed by atoms with Gasteiger partial charge < -0.3 is 9.80 Å². The first-order valence-electron chi connectivity index (χ1n) is 11.1. The number of sulfonamides is 1. The lowest BCUT2D eigenvalue weighted by atomic mass is 10.1. The molecular weight excluding hydrogens is 491 g/mol. The van der Waals surface area contributed by atoms with E-state index in [1.807, 2.05) is 29.2 Å². The number of piperazine rings is 1. The molecule has 0 saturated carbocycles. The summed E-state index contributed by atoms with van der Waals surface area (Å²) in [5.41, 5.74) is 2.33. The molecular formula is C24H25FN4O4S2. The van der Waals surface area contributed by atoms with Crippen LogP contribution in [0.15, 0.2) is 58.8 Å². The summed E-state index contributed by atoms with van der Waals surface area (Å²) >= 11 is 1.13. The normalized spacial score (nSPS) is 14.1. The molecule has 1 N–H and O–H groups in total. The summed E-state index contributed by atoms with van der Waals surface area (Å²) < 4.78 is 40.3. The Bertz CT molecular complexity index is 1300. The minimum Gasteiger partial charge on any atom is -0.368 e. The molecule has 0 radical (unpaired) electrons. The lowest BCUT2D eigenvalue weighted by molar-refractivity contribution is -0.131. The van der Waals surface area contributed by atoms with Crippen LogP contribution in [0.5, 0.6) is 0 Å². The Morgan fingerprint density at radius 3 is 2.31 bits per heavy atom. The fourth-order valence-corrected chi connectivity index (χ4v) is 5.77. The number of aromatic nitrogens is 1. The van der Waals surface area contributed by atoms with Crippen molar-refractivity contribution in [2.75, 3.05) is 35.8 Å². The SMILES string of the molecule is CC(=O)c1ccc(N2CCN(C(=O)CCc3csc(NS(=O)(=O)c4ccc(F)cc4)n3)CC2)cc1. The summed E-state index contributed by atoms with van der Waals surface area (Å²) in [5, 5.41) is 1.92. The topological polar surface area (TPSA) is 99.7 Å². The summed E-state index contributed by atoms with van der Waals surface area (Å²) in [6.07, 6.45) is 0.682. The third kappa shape index (κ3) is 6.23. The Hall–Kier alpha value is -3.31. The summed E-state index contributed by atoms with van der Waals surface area (Å²) in [5.74, 6) is -0.461. The molecule has 184 valence electrons. The number of aryl methyl sites for hydroxylation is 1. The van der Waals surface area contributed by atoms with Crippen molar-refractivity contribution in [3.05, 3.63) is 71.0 Å². The monoisotopic (exact) mass is 516 g/mol. The van der Waals surface area contributed by atoms with Crippen molar-refractivity contribution in [1.29, 1.82) is 0 Å². The van der Waals surface area contributed by atoms with Gasteiger partial charge in [0, 0.05) is 49.2 Å².